The minimum Gasteiger partial charge on any atom is -0.464 e. The second-order valence-electron chi connectivity index (χ2n) is 3.74. The number of halogens is 1. The molecule has 0 unspecified atom stereocenters. The number of nitrogens with one attached hydrogen (secondary N) is 1. The van der Waals surface area contributed by atoms with Crippen molar-refractivity contribution in [2.24, 2.45) is 0 Å². The van der Waals surface area contributed by atoms with Crippen molar-refractivity contribution in [2.75, 3.05) is 12.4 Å². The first-order chi connectivity index (χ1) is 9.19. The Morgan fingerprint density at radius 3 is 2.74 bits per heavy atom. The predicted molar refractivity (Wildman–Crippen MR) is 72.2 cm³/mol. The number of carbonyl (C=O) groups excluding carboxylic acids is 1. The molecule has 0 atom stereocenters. The van der Waals surface area contributed by atoms with Gasteiger partial charge in [0.05, 0.1) is 7.11 Å². The maximum Gasteiger partial charge on any atom is 0.356 e. The molecule has 0 aliphatic heterocycles. The summed E-state index contributed by atoms with van der Waals surface area (Å²) >= 11 is 5.80. The molecule has 98 valence electrons. The van der Waals surface area contributed by atoms with Gasteiger partial charge in [0, 0.05) is 17.8 Å². The molecule has 0 aliphatic rings. The molecule has 5 nitrogen and oxygen atoms in total. The van der Waals surface area contributed by atoms with Crippen molar-refractivity contribution in [3.8, 4) is 0 Å². The van der Waals surface area contributed by atoms with Gasteiger partial charge in [0.2, 0.25) is 5.95 Å². The number of anilines is 1. The molecule has 2 aromatic rings. The van der Waals surface area contributed by atoms with Crippen molar-refractivity contribution in [1.82, 2.24) is 9.97 Å². The van der Waals surface area contributed by atoms with Gasteiger partial charge in [-0.15, -0.1) is 0 Å². The summed E-state index contributed by atoms with van der Waals surface area (Å²) < 4.78 is 4.60. The summed E-state index contributed by atoms with van der Waals surface area (Å²) in [7, 11) is 1.31. The Kier molecular flexibility index (Phi) is 4.30. The third kappa shape index (κ3) is 3.66. The summed E-state index contributed by atoms with van der Waals surface area (Å²) in [6.45, 7) is 0.543. The third-order valence-electron chi connectivity index (χ3n) is 2.41. The van der Waals surface area contributed by atoms with Gasteiger partial charge in [-0.25, -0.2) is 14.8 Å². The zero-order valence-electron chi connectivity index (χ0n) is 10.3. The Labute approximate surface area is 115 Å². The first kappa shape index (κ1) is 13.3. The van der Waals surface area contributed by atoms with Crippen molar-refractivity contribution in [3.05, 3.63) is 52.8 Å². The van der Waals surface area contributed by atoms with Gasteiger partial charge >= 0.3 is 5.97 Å². The molecule has 1 aromatic heterocycles. The van der Waals surface area contributed by atoms with Crippen LogP contribution in [0, 0.1) is 0 Å². The molecule has 0 amide bonds. The highest BCUT2D eigenvalue weighted by atomic mass is 35.5. The van der Waals surface area contributed by atoms with Crippen LogP contribution in [-0.4, -0.2) is 23.0 Å². The molecule has 1 N–H and O–H groups in total. The van der Waals surface area contributed by atoms with Gasteiger partial charge in [-0.2, -0.15) is 0 Å². The molecule has 1 heterocycles. The highest BCUT2D eigenvalue weighted by Crippen LogP contribution is 2.10. The monoisotopic (exact) mass is 277 g/mol. The van der Waals surface area contributed by atoms with E-state index in [0.29, 0.717) is 17.5 Å². The van der Waals surface area contributed by atoms with Crippen LogP contribution < -0.4 is 5.32 Å². The Morgan fingerprint density at radius 1 is 1.32 bits per heavy atom. The van der Waals surface area contributed by atoms with Gasteiger partial charge in [-0.3, -0.25) is 0 Å². The minimum atomic E-state index is -0.489. The van der Waals surface area contributed by atoms with E-state index in [1.807, 2.05) is 24.3 Å². The number of hydrogen-bond donors (Lipinski definition) is 1. The molecule has 2 rings (SSSR count). The van der Waals surface area contributed by atoms with Crippen LogP contribution in [0.5, 0.6) is 0 Å². The lowest BCUT2D eigenvalue weighted by molar-refractivity contribution is 0.0594. The third-order valence-corrected chi connectivity index (χ3v) is 2.67. The summed E-state index contributed by atoms with van der Waals surface area (Å²) in [6, 6.07) is 8.92. The fourth-order valence-corrected chi connectivity index (χ4v) is 1.57. The Bertz CT molecular complexity index is 572. The topological polar surface area (TPSA) is 64.1 Å². The second-order valence-corrected chi connectivity index (χ2v) is 4.17. The number of benzene rings is 1. The lowest BCUT2D eigenvalue weighted by Gasteiger charge is -2.06. The van der Waals surface area contributed by atoms with Crippen LogP contribution in [0.1, 0.15) is 16.1 Å². The highest BCUT2D eigenvalue weighted by Gasteiger charge is 2.08. The van der Waals surface area contributed by atoms with Gasteiger partial charge in [0.15, 0.2) is 5.69 Å². The molecule has 0 saturated carbocycles. The number of hydrogen-bond acceptors (Lipinski definition) is 5. The Morgan fingerprint density at radius 2 is 2.05 bits per heavy atom. The van der Waals surface area contributed by atoms with E-state index in [0.717, 1.165) is 5.56 Å². The van der Waals surface area contributed by atoms with Gasteiger partial charge in [-0.1, -0.05) is 23.7 Å². The predicted octanol–water partition coefficient (Wildman–Crippen LogP) is 2.53. The van der Waals surface area contributed by atoms with E-state index in [-0.39, 0.29) is 5.69 Å². The molecule has 6 heteroatoms. The first-order valence-corrected chi connectivity index (χ1v) is 5.96. The van der Waals surface area contributed by atoms with E-state index < -0.39 is 5.97 Å². The van der Waals surface area contributed by atoms with Crippen molar-refractivity contribution in [1.29, 1.82) is 0 Å². The molecule has 0 radical (unpaired) electrons. The number of rotatable bonds is 4. The molecule has 0 bridgehead atoms. The quantitative estimate of drug-likeness (QED) is 0.870. The standard InChI is InChI=1S/C13H12ClN3O2/c1-19-12(18)11-6-7-15-13(17-11)16-8-9-2-4-10(14)5-3-9/h2-7H,8H2,1H3,(H,15,16,17). The van der Waals surface area contributed by atoms with E-state index in [2.05, 4.69) is 20.0 Å². The number of carbonyl (C=O) groups is 1. The molecular weight excluding hydrogens is 266 g/mol. The fourth-order valence-electron chi connectivity index (χ4n) is 1.45. The van der Waals surface area contributed by atoms with Crippen molar-refractivity contribution >= 4 is 23.5 Å². The lowest BCUT2D eigenvalue weighted by atomic mass is 10.2. The molecule has 0 saturated heterocycles. The summed E-state index contributed by atoms with van der Waals surface area (Å²) in [5.74, 6) is -0.116. The Hall–Kier alpha value is -2.14. The summed E-state index contributed by atoms with van der Waals surface area (Å²) in [4.78, 5) is 19.4. The average Bonchev–Trinajstić information content (AvgIpc) is 2.46. The van der Waals surface area contributed by atoms with Crippen LogP contribution in [0.25, 0.3) is 0 Å². The van der Waals surface area contributed by atoms with Crippen LogP contribution >= 0.6 is 11.6 Å². The van der Waals surface area contributed by atoms with Crippen LogP contribution in [0.4, 0.5) is 5.95 Å². The molecule has 0 aliphatic carbocycles. The first-order valence-electron chi connectivity index (χ1n) is 5.58. The fraction of sp³-hybridized carbons (Fsp3) is 0.154. The molecule has 19 heavy (non-hydrogen) atoms. The molecule has 1 aromatic carbocycles. The normalized spacial score (nSPS) is 10.0. The van der Waals surface area contributed by atoms with Gasteiger partial charge < -0.3 is 10.1 Å². The van der Waals surface area contributed by atoms with Crippen LogP contribution in [0.2, 0.25) is 5.02 Å². The van der Waals surface area contributed by atoms with Gasteiger partial charge in [-0.05, 0) is 23.8 Å². The van der Waals surface area contributed by atoms with Crippen LogP contribution in [0.15, 0.2) is 36.5 Å². The average molecular weight is 278 g/mol. The minimum absolute atomic E-state index is 0.219. The largest absolute Gasteiger partial charge is 0.464 e. The maximum atomic E-state index is 11.3. The summed E-state index contributed by atoms with van der Waals surface area (Å²) in [5, 5.41) is 3.71. The highest BCUT2D eigenvalue weighted by molar-refractivity contribution is 6.30. The number of nitrogens with zero attached hydrogens (tertiary/aromatic N) is 2. The smallest absolute Gasteiger partial charge is 0.356 e. The molecule has 0 spiro atoms. The van der Waals surface area contributed by atoms with Gasteiger partial charge in [0.1, 0.15) is 0 Å². The maximum absolute atomic E-state index is 11.3. The van der Waals surface area contributed by atoms with Crippen LogP contribution in [-0.2, 0) is 11.3 Å². The van der Waals surface area contributed by atoms with Crippen molar-refractivity contribution in [2.45, 2.75) is 6.54 Å². The zero-order chi connectivity index (χ0) is 13.7. The van der Waals surface area contributed by atoms with E-state index in [1.54, 1.807) is 0 Å². The number of ether oxygens (including phenoxy) is 1. The second kappa shape index (κ2) is 6.15. The van der Waals surface area contributed by atoms with Crippen molar-refractivity contribution < 1.29 is 9.53 Å². The van der Waals surface area contributed by atoms with Gasteiger partial charge in [0.25, 0.3) is 0 Å². The number of aromatic nitrogens is 2. The Balaban J connectivity index is 2.03. The van der Waals surface area contributed by atoms with E-state index in [4.69, 9.17) is 11.6 Å². The lowest BCUT2D eigenvalue weighted by Crippen LogP contribution is -2.09. The zero-order valence-corrected chi connectivity index (χ0v) is 11.0. The summed E-state index contributed by atoms with van der Waals surface area (Å²) in [6.07, 6.45) is 1.50. The van der Waals surface area contributed by atoms with Crippen molar-refractivity contribution in [3.63, 3.8) is 0 Å². The molecule has 0 fully saturated rings. The molecular formula is C13H12ClN3O2. The SMILES string of the molecule is COC(=O)c1ccnc(NCc2ccc(Cl)cc2)n1. The number of esters is 1. The van der Waals surface area contributed by atoms with E-state index >= 15 is 0 Å². The number of methoxy groups -OCH3 is 1. The van der Waals surface area contributed by atoms with E-state index in [1.165, 1.54) is 19.4 Å². The van der Waals surface area contributed by atoms with Crippen LogP contribution in [0.3, 0.4) is 0 Å². The van der Waals surface area contributed by atoms with E-state index in [9.17, 15) is 4.79 Å². The summed E-state index contributed by atoms with van der Waals surface area (Å²) in [5.41, 5.74) is 1.26.